The van der Waals surface area contributed by atoms with Gasteiger partial charge in [0.1, 0.15) is 0 Å². The van der Waals surface area contributed by atoms with Crippen LogP contribution < -0.4 is 5.32 Å². The molecule has 1 aromatic rings. The summed E-state index contributed by atoms with van der Waals surface area (Å²) in [5.41, 5.74) is 0. The first-order valence-electron chi connectivity index (χ1n) is 7.63. The molecule has 1 N–H and O–H groups in total. The lowest BCUT2D eigenvalue weighted by atomic mass is 10.2. The highest BCUT2D eigenvalue weighted by atomic mass is 35.5. The Bertz CT molecular complexity index is 495. The zero-order valence-corrected chi connectivity index (χ0v) is 13.9. The van der Waals surface area contributed by atoms with Crippen LogP contribution in [-0.4, -0.2) is 54.0 Å². The number of thiophene rings is 1. The van der Waals surface area contributed by atoms with Crippen molar-refractivity contribution < 1.29 is 4.79 Å². The molecule has 6 heteroatoms. The van der Waals surface area contributed by atoms with E-state index in [9.17, 15) is 4.79 Å². The minimum absolute atomic E-state index is 0.0102. The molecular formula is C15H22ClN3OS. The first kappa shape index (κ1) is 15.3. The van der Waals surface area contributed by atoms with Gasteiger partial charge in [-0.1, -0.05) is 11.6 Å². The molecule has 1 unspecified atom stereocenters. The van der Waals surface area contributed by atoms with Gasteiger partial charge in [-0.15, -0.1) is 11.3 Å². The van der Waals surface area contributed by atoms with Gasteiger partial charge < -0.3 is 5.32 Å². The SMILES string of the molecule is CC(C(=O)NC1CC1)N1CCN(Cc2ccc(Cl)s2)CC1. The van der Waals surface area contributed by atoms with Gasteiger partial charge in [-0.3, -0.25) is 14.6 Å². The van der Waals surface area contributed by atoms with E-state index in [0.717, 1.165) is 49.9 Å². The predicted octanol–water partition coefficient (Wildman–Crippen LogP) is 2.19. The molecule has 0 spiro atoms. The number of carbonyl (C=O) groups is 1. The predicted molar refractivity (Wildman–Crippen MR) is 86.8 cm³/mol. The molecule has 1 amide bonds. The molecule has 0 radical (unpaired) electrons. The van der Waals surface area contributed by atoms with Gasteiger partial charge >= 0.3 is 0 Å². The van der Waals surface area contributed by atoms with Crippen LogP contribution in [0.2, 0.25) is 4.34 Å². The van der Waals surface area contributed by atoms with Crippen molar-refractivity contribution in [3.05, 3.63) is 21.3 Å². The molecule has 2 fully saturated rings. The van der Waals surface area contributed by atoms with Crippen molar-refractivity contribution in [3.63, 3.8) is 0 Å². The summed E-state index contributed by atoms with van der Waals surface area (Å²) in [6.45, 7) is 6.92. The number of rotatable bonds is 5. The van der Waals surface area contributed by atoms with Crippen LogP contribution in [0, 0.1) is 0 Å². The molecule has 1 aliphatic heterocycles. The highest BCUT2D eigenvalue weighted by molar-refractivity contribution is 7.16. The lowest BCUT2D eigenvalue weighted by Crippen LogP contribution is -2.53. The number of nitrogens with one attached hydrogen (secondary N) is 1. The van der Waals surface area contributed by atoms with Crippen LogP contribution in [0.15, 0.2) is 12.1 Å². The van der Waals surface area contributed by atoms with E-state index < -0.39 is 0 Å². The third-order valence-electron chi connectivity index (χ3n) is 4.27. The normalized spacial score (nSPS) is 22.2. The standard InChI is InChI=1S/C15H22ClN3OS/c1-11(15(20)17-12-2-3-12)19-8-6-18(7-9-19)10-13-4-5-14(16)21-13/h4-5,11-12H,2-3,6-10H2,1H3,(H,17,20). The van der Waals surface area contributed by atoms with Crippen molar-refractivity contribution in [1.29, 1.82) is 0 Å². The Kier molecular flexibility index (Phi) is 4.84. The summed E-state index contributed by atoms with van der Waals surface area (Å²) >= 11 is 7.62. The fraction of sp³-hybridized carbons (Fsp3) is 0.667. The summed E-state index contributed by atoms with van der Waals surface area (Å²) in [4.78, 5) is 18.1. The topological polar surface area (TPSA) is 35.6 Å². The highest BCUT2D eigenvalue weighted by Crippen LogP contribution is 2.23. The average Bonchev–Trinajstić information content (AvgIpc) is 3.20. The second-order valence-electron chi connectivity index (χ2n) is 5.98. The molecule has 1 atom stereocenters. The largest absolute Gasteiger partial charge is 0.352 e. The van der Waals surface area contributed by atoms with Crippen molar-refractivity contribution in [2.75, 3.05) is 26.2 Å². The number of carbonyl (C=O) groups excluding carboxylic acids is 1. The second-order valence-corrected chi connectivity index (χ2v) is 7.78. The Balaban J connectivity index is 1.44. The maximum atomic E-state index is 12.1. The smallest absolute Gasteiger partial charge is 0.237 e. The van der Waals surface area contributed by atoms with Crippen LogP contribution in [0.4, 0.5) is 0 Å². The van der Waals surface area contributed by atoms with Crippen molar-refractivity contribution >= 4 is 28.8 Å². The van der Waals surface area contributed by atoms with E-state index in [0.29, 0.717) is 6.04 Å². The summed E-state index contributed by atoms with van der Waals surface area (Å²) in [6.07, 6.45) is 2.30. The van der Waals surface area contributed by atoms with Gasteiger partial charge in [0.25, 0.3) is 0 Å². The van der Waals surface area contributed by atoms with Crippen LogP contribution in [0.1, 0.15) is 24.6 Å². The van der Waals surface area contributed by atoms with Gasteiger partial charge in [0.2, 0.25) is 5.91 Å². The number of hydrogen-bond acceptors (Lipinski definition) is 4. The van der Waals surface area contributed by atoms with Crippen molar-refractivity contribution in [2.24, 2.45) is 0 Å². The Hall–Kier alpha value is -0.620. The Morgan fingerprint density at radius 2 is 2.10 bits per heavy atom. The minimum atomic E-state index is -0.0102. The summed E-state index contributed by atoms with van der Waals surface area (Å²) in [6, 6.07) is 4.50. The number of nitrogens with zero attached hydrogens (tertiary/aromatic N) is 2. The molecule has 116 valence electrons. The van der Waals surface area contributed by atoms with Crippen molar-refractivity contribution in [1.82, 2.24) is 15.1 Å². The molecule has 1 saturated carbocycles. The number of halogens is 1. The molecule has 1 aromatic heterocycles. The van der Waals surface area contributed by atoms with Gasteiger partial charge in [0.05, 0.1) is 10.4 Å². The Labute approximate surface area is 135 Å². The lowest BCUT2D eigenvalue weighted by molar-refractivity contribution is -0.126. The Morgan fingerprint density at radius 1 is 1.38 bits per heavy atom. The van der Waals surface area contributed by atoms with Crippen LogP contribution in [0.3, 0.4) is 0 Å². The lowest BCUT2D eigenvalue weighted by Gasteiger charge is -2.37. The van der Waals surface area contributed by atoms with E-state index in [2.05, 4.69) is 21.2 Å². The second kappa shape index (κ2) is 6.65. The average molecular weight is 328 g/mol. The minimum Gasteiger partial charge on any atom is -0.352 e. The maximum absolute atomic E-state index is 12.1. The van der Waals surface area contributed by atoms with Crippen molar-refractivity contribution in [2.45, 2.75) is 38.4 Å². The van der Waals surface area contributed by atoms with E-state index in [1.807, 2.05) is 13.0 Å². The molecule has 2 aliphatic rings. The van der Waals surface area contributed by atoms with Crippen molar-refractivity contribution in [3.8, 4) is 0 Å². The quantitative estimate of drug-likeness (QED) is 0.900. The monoisotopic (exact) mass is 327 g/mol. The number of hydrogen-bond donors (Lipinski definition) is 1. The van der Waals surface area contributed by atoms with Crippen LogP contribution in [0.5, 0.6) is 0 Å². The number of amides is 1. The van der Waals surface area contributed by atoms with Gasteiger partial charge in [0.15, 0.2) is 0 Å². The van der Waals surface area contributed by atoms with E-state index >= 15 is 0 Å². The molecule has 4 nitrogen and oxygen atoms in total. The zero-order chi connectivity index (χ0) is 14.8. The van der Waals surface area contributed by atoms with Gasteiger partial charge in [-0.05, 0) is 31.9 Å². The van der Waals surface area contributed by atoms with Crippen LogP contribution in [0.25, 0.3) is 0 Å². The molecule has 21 heavy (non-hydrogen) atoms. The van der Waals surface area contributed by atoms with E-state index in [4.69, 9.17) is 11.6 Å². The third kappa shape index (κ3) is 4.19. The van der Waals surface area contributed by atoms with Gasteiger partial charge in [0, 0.05) is 43.6 Å². The molecule has 0 bridgehead atoms. The molecule has 3 rings (SSSR count). The maximum Gasteiger partial charge on any atom is 0.237 e. The molecule has 2 heterocycles. The first-order chi connectivity index (χ1) is 10.1. The highest BCUT2D eigenvalue weighted by Gasteiger charge is 2.29. The fourth-order valence-corrected chi connectivity index (χ4v) is 3.81. The third-order valence-corrected chi connectivity index (χ3v) is 5.48. The van der Waals surface area contributed by atoms with Gasteiger partial charge in [-0.25, -0.2) is 0 Å². The van der Waals surface area contributed by atoms with Gasteiger partial charge in [-0.2, -0.15) is 0 Å². The molecular weight excluding hydrogens is 306 g/mol. The summed E-state index contributed by atoms with van der Waals surface area (Å²) in [7, 11) is 0. The Morgan fingerprint density at radius 3 is 2.67 bits per heavy atom. The number of piperazine rings is 1. The zero-order valence-electron chi connectivity index (χ0n) is 12.3. The molecule has 1 saturated heterocycles. The molecule has 1 aliphatic carbocycles. The molecule has 0 aromatic carbocycles. The summed E-state index contributed by atoms with van der Waals surface area (Å²) < 4.78 is 0.856. The fourth-order valence-electron chi connectivity index (χ4n) is 2.68. The summed E-state index contributed by atoms with van der Waals surface area (Å²) in [5, 5.41) is 3.10. The van der Waals surface area contributed by atoms with E-state index in [-0.39, 0.29) is 11.9 Å². The summed E-state index contributed by atoms with van der Waals surface area (Å²) in [5.74, 6) is 0.191. The van der Waals surface area contributed by atoms with Crippen LogP contribution in [-0.2, 0) is 11.3 Å². The van der Waals surface area contributed by atoms with E-state index in [1.54, 1.807) is 11.3 Å². The van der Waals surface area contributed by atoms with E-state index in [1.165, 1.54) is 4.88 Å². The van der Waals surface area contributed by atoms with Crippen LogP contribution >= 0.6 is 22.9 Å². The first-order valence-corrected chi connectivity index (χ1v) is 8.82.